The summed E-state index contributed by atoms with van der Waals surface area (Å²) in [6.07, 6.45) is 1.47. The molecule has 0 amide bonds. The number of benzene rings is 1. The number of aromatic nitrogens is 1. The van der Waals surface area contributed by atoms with E-state index >= 15 is 0 Å². The fraction of sp³-hybridized carbons (Fsp3) is 0.100. The van der Waals surface area contributed by atoms with Crippen molar-refractivity contribution in [3.8, 4) is 0 Å². The van der Waals surface area contributed by atoms with E-state index in [4.69, 9.17) is 0 Å². The first-order valence-electron chi connectivity index (χ1n) is 4.25. The average Bonchev–Trinajstić information content (AvgIpc) is 2.23. The van der Waals surface area contributed by atoms with E-state index in [1.807, 2.05) is 0 Å². The van der Waals surface area contributed by atoms with Crippen molar-refractivity contribution in [2.45, 2.75) is 0 Å². The maximum atomic E-state index is 11.4. The van der Waals surface area contributed by atoms with Crippen LogP contribution in [0.4, 0.5) is 5.69 Å². The minimum Gasteiger partial charge on any atom is -0.384 e. The molecular formula is C10H7LiN2O3. The monoisotopic (exact) mass is 210 g/mol. The second-order valence-electron chi connectivity index (χ2n) is 3.17. The molecule has 5 nitrogen and oxygen atoms in total. The van der Waals surface area contributed by atoms with Gasteiger partial charge < -0.3 is 9.36 Å². The third-order valence-corrected chi connectivity index (χ3v) is 2.21. The van der Waals surface area contributed by atoms with Crippen LogP contribution in [-0.4, -0.2) is 9.49 Å². The fourth-order valence-electron chi connectivity index (χ4n) is 1.42. The summed E-state index contributed by atoms with van der Waals surface area (Å²) in [7, 11) is 1.71. The average molecular weight is 210 g/mol. The molecule has 16 heavy (non-hydrogen) atoms. The molecule has 1 aromatic carbocycles. The summed E-state index contributed by atoms with van der Waals surface area (Å²) in [4.78, 5) is 21.4. The van der Waals surface area contributed by atoms with Gasteiger partial charge in [0.25, 0.3) is 5.69 Å². The molecule has 1 heterocycles. The number of pyridine rings is 1. The molecule has 6 heteroatoms. The third kappa shape index (κ3) is 2.01. The number of nitro groups is 1. The summed E-state index contributed by atoms with van der Waals surface area (Å²) >= 11 is 0. The Morgan fingerprint density at radius 1 is 1.44 bits per heavy atom. The Morgan fingerprint density at radius 2 is 2.12 bits per heavy atom. The van der Waals surface area contributed by atoms with E-state index in [1.165, 1.54) is 24.4 Å². The van der Waals surface area contributed by atoms with E-state index in [1.54, 1.807) is 11.6 Å². The molecule has 0 fully saturated rings. The van der Waals surface area contributed by atoms with Gasteiger partial charge in [0.15, 0.2) is 0 Å². The maximum Gasteiger partial charge on any atom is 1.00 e. The number of nitro benzene ring substituents is 1. The molecule has 0 bridgehead atoms. The Morgan fingerprint density at radius 3 is 2.75 bits per heavy atom. The van der Waals surface area contributed by atoms with Crippen LogP contribution in [0.1, 0.15) is 0 Å². The number of nitrogens with zero attached hydrogens (tertiary/aromatic N) is 2. The van der Waals surface area contributed by atoms with Gasteiger partial charge in [0.1, 0.15) is 0 Å². The minimum atomic E-state index is -0.485. The molecule has 2 rings (SSSR count). The summed E-state index contributed by atoms with van der Waals surface area (Å²) in [6, 6.07) is 6.68. The molecule has 0 unspecified atom stereocenters. The van der Waals surface area contributed by atoms with Gasteiger partial charge in [0, 0.05) is 18.5 Å². The van der Waals surface area contributed by atoms with Crippen LogP contribution in [0.25, 0.3) is 10.9 Å². The summed E-state index contributed by atoms with van der Waals surface area (Å²) < 4.78 is 1.63. The van der Waals surface area contributed by atoms with Gasteiger partial charge >= 0.3 is 18.9 Å². The van der Waals surface area contributed by atoms with E-state index in [2.05, 4.69) is 6.07 Å². The van der Waals surface area contributed by atoms with E-state index in [9.17, 15) is 14.9 Å². The van der Waals surface area contributed by atoms with Gasteiger partial charge in [-0.05, 0) is 11.6 Å². The smallest absolute Gasteiger partial charge is 0.384 e. The minimum absolute atomic E-state index is 0. The standard InChI is InChI=1S/C10H7N2O3.Li/c1-11-5-4-10(13)8-3-2-7(12(14)15)6-9(8)11;/h2-3,5-6H,1H3;/q-1;+1. The molecular weight excluding hydrogens is 203 g/mol. The van der Waals surface area contributed by atoms with Crippen molar-refractivity contribution in [2.24, 2.45) is 7.05 Å². The van der Waals surface area contributed by atoms with Crippen LogP contribution in [0.15, 0.2) is 29.2 Å². The maximum absolute atomic E-state index is 11.4. The van der Waals surface area contributed by atoms with E-state index in [0.29, 0.717) is 10.9 Å². The Hall–Kier alpha value is -1.57. The fourth-order valence-corrected chi connectivity index (χ4v) is 1.42. The van der Waals surface area contributed by atoms with Crippen molar-refractivity contribution in [1.29, 1.82) is 0 Å². The van der Waals surface area contributed by atoms with E-state index < -0.39 is 4.92 Å². The van der Waals surface area contributed by atoms with Crippen LogP contribution in [0, 0.1) is 16.2 Å². The normalized spacial score (nSPS) is 9.81. The van der Waals surface area contributed by atoms with Crippen LogP contribution < -0.4 is 24.3 Å². The van der Waals surface area contributed by atoms with Crippen LogP contribution in [0.5, 0.6) is 0 Å². The van der Waals surface area contributed by atoms with Gasteiger partial charge in [-0.15, -0.1) is 11.5 Å². The van der Waals surface area contributed by atoms with Crippen molar-refractivity contribution < 1.29 is 23.8 Å². The first-order valence-corrected chi connectivity index (χ1v) is 4.25. The van der Waals surface area contributed by atoms with Gasteiger partial charge in [-0.25, -0.2) is 0 Å². The Balaban J connectivity index is 0.00000128. The number of hydrogen-bond acceptors (Lipinski definition) is 3. The van der Waals surface area contributed by atoms with Gasteiger partial charge in [-0.2, -0.15) is 6.07 Å². The first kappa shape index (κ1) is 12.5. The topological polar surface area (TPSA) is 65.1 Å². The van der Waals surface area contributed by atoms with Crippen molar-refractivity contribution in [2.75, 3.05) is 0 Å². The number of rotatable bonds is 1. The first-order chi connectivity index (χ1) is 7.09. The van der Waals surface area contributed by atoms with Gasteiger partial charge in [-0.1, -0.05) is 6.20 Å². The molecule has 2 aromatic rings. The third-order valence-electron chi connectivity index (χ3n) is 2.21. The van der Waals surface area contributed by atoms with E-state index in [-0.39, 0.29) is 30.0 Å². The van der Waals surface area contributed by atoms with Crippen molar-refractivity contribution in [3.63, 3.8) is 0 Å². The Labute approximate surface area is 103 Å². The largest absolute Gasteiger partial charge is 1.00 e. The van der Waals surface area contributed by atoms with Gasteiger partial charge in [0.05, 0.1) is 4.92 Å². The molecule has 0 saturated heterocycles. The SMILES string of the molecule is Cn1c[c-]c(=O)c2ccc([N+](=O)[O-])cc21.[Li+]. The summed E-state index contributed by atoms with van der Waals surface area (Å²) in [5, 5.41) is 11.0. The molecule has 0 N–H and O–H groups in total. The zero-order chi connectivity index (χ0) is 11.0. The van der Waals surface area contributed by atoms with Crippen LogP contribution >= 0.6 is 0 Å². The van der Waals surface area contributed by atoms with Crippen molar-refractivity contribution >= 4 is 16.6 Å². The Bertz CT molecular complexity index is 607. The quantitative estimate of drug-likeness (QED) is 0.243. The summed E-state index contributed by atoms with van der Waals surface area (Å²) in [5.41, 5.74) is 0.259. The summed E-state index contributed by atoms with van der Waals surface area (Å²) in [6.45, 7) is 0. The van der Waals surface area contributed by atoms with Crippen molar-refractivity contribution in [3.05, 3.63) is 50.8 Å². The van der Waals surface area contributed by atoms with Crippen LogP contribution in [0.2, 0.25) is 0 Å². The zero-order valence-electron chi connectivity index (χ0n) is 8.93. The number of aryl methyl sites for hydroxylation is 1. The Kier molecular flexibility index (Phi) is 3.53. The second-order valence-corrected chi connectivity index (χ2v) is 3.17. The number of non-ortho nitro benzene ring substituents is 1. The van der Waals surface area contributed by atoms with Crippen LogP contribution in [-0.2, 0) is 7.05 Å². The second kappa shape index (κ2) is 4.52. The molecule has 76 valence electrons. The predicted octanol–water partition coefficient (Wildman–Crippen LogP) is -1.75. The van der Waals surface area contributed by atoms with Crippen LogP contribution in [0.3, 0.4) is 0 Å². The predicted molar refractivity (Wildman–Crippen MR) is 54.7 cm³/mol. The molecule has 1 aromatic heterocycles. The molecule has 0 saturated carbocycles. The molecule has 0 spiro atoms. The molecule has 0 aliphatic rings. The van der Waals surface area contributed by atoms with Gasteiger partial charge in [-0.3, -0.25) is 10.1 Å². The molecule has 0 aliphatic heterocycles. The van der Waals surface area contributed by atoms with E-state index in [0.717, 1.165) is 0 Å². The zero-order valence-corrected chi connectivity index (χ0v) is 8.93. The number of fused-ring (bicyclic) bond motifs is 1. The van der Waals surface area contributed by atoms with Gasteiger partial charge in [0.2, 0.25) is 0 Å². The number of hydrogen-bond donors (Lipinski definition) is 0. The molecule has 0 aliphatic carbocycles. The molecule has 0 radical (unpaired) electrons. The molecule has 0 atom stereocenters. The summed E-state index contributed by atoms with van der Waals surface area (Å²) in [5.74, 6) is 0. The van der Waals surface area contributed by atoms with Crippen molar-refractivity contribution in [1.82, 2.24) is 4.57 Å².